The number of halogens is 1. The summed E-state index contributed by atoms with van der Waals surface area (Å²) in [5.74, 6) is 0.519. The molecule has 0 bridgehead atoms. The molecule has 0 N–H and O–H groups in total. The Kier molecular flexibility index (Phi) is 15.3. The van der Waals surface area contributed by atoms with Gasteiger partial charge in [0, 0.05) is 24.3 Å². The van der Waals surface area contributed by atoms with E-state index in [4.69, 9.17) is 29.9 Å². The van der Waals surface area contributed by atoms with Gasteiger partial charge in [0.2, 0.25) is 0 Å². The average molecular weight is 917 g/mol. The average Bonchev–Trinajstić information content (AvgIpc) is 3.29. The number of hydrogen-bond donors (Lipinski definition) is 0. The van der Waals surface area contributed by atoms with Crippen LogP contribution in [0.2, 0.25) is 15.2 Å². The lowest BCUT2D eigenvalue weighted by Crippen LogP contribution is -2.67. The quantitative estimate of drug-likeness (QED) is 0.0363. The maximum atomic E-state index is 15.4. The van der Waals surface area contributed by atoms with Crippen LogP contribution in [0.5, 0.6) is 11.5 Å². The molecule has 0 saturated carbocycles. The minimum atomic E-state index is -3.18. The highest BCUT2D eigenvalue weighted by Crippen LogP contribution is 2.39. The second-order valence-corrected chi connectivity index (χ2v) is 26.8. The fourth-order valence-corrected chi connectivity index (χ4v) is 18.2. The molecule has 0 aliphatic rings. The molecule has 10 nitrogen and oxygen atoms in total. The van der Waals surface area contributed by atoms with E-state index in [1.54, 1.807) is 25.2 Å². The number of carbonyl (C=O) groups excluding carboxylic acids is 1. The Hall–Kier alpha value is -5.64. The van der Waals surface area contributed by atoms with Crippen LogP contribution in [-0.2, 0) is 15.4 Å². The van der Waals surface area contributed by atoms with Crippen LogP contribution in [-0.4, -0.2) is 70.8 Å². The van der Waals surface area contributed by atoms with Gasteiger partial charge in [-0.3, -0.25) is 14.9 Å². The lowest BCUT2D eigenvalue weighted by Gasteiger charge is -2.45. The zero-order valence-corrected chi connectivity index (χ0v) is 40.7. The van der Waals surface area contributed by atoms with Gasteiger partial charge in [0.05, 0.1) is 43.9 Å². The number of pyridine rings is 1. The molecule has 0 fully saturated rings. The standard InChI is InChI=1S/C51H58ClN3O7Si2/c1-50(2,3)63(42-21-13-9-14-22-42,43-23-15-10-16-24-43)61-32-31-39(37-62-64(51(4,5)6,44-25-17-11-18-26-44)45-27-19-12-20-28-45)54(36-38-29-30-41(59-7)34-47(38)60-8)49(56)46-33-40(55(57)58)35-53-48(46)52/h9-30,33-35,39H,31-32,36-37H2,1-8H3/t39-/m0/s1. The number of nitrogens with zero attached hydrogens (tertiary/aromatic N) is 3. The lowest BCUT2D eigenvalue weighted by molar-refractivity contribution is -0.385. The van der Waals surface area contributed by atoms with Crippen LogP contribution < -0.4 is 30.2 Å². The third-order valence-electron chi connectivity index (χ3n) is 11.9. The fourth-order valence-electron chi connectivity index (χ4n) is 8.80. The zero-order valence-electron chi connectivity index (χ0n) is 37.9. The van der Waals surface area contributed by atoms with Crippen molar-refractivity contribution in [2.24, 2.45) is 0 Å². The second kappa shape index (κ2) is 20.5. The highest BCUT2D eigenvalue weighted by atomic mass is 35.5. The summed E-state index contributed by atoms with van der Waals surface area (Å²) in [6.45, 7) is 13.7. The van der Waals surface area contributed by atoms with Crippen molar-refractivity contribution in [1.82, 2.24) is 9.88 Å². The van der Waals surface area contributed by atoms with E-state index in [1.807, 2.05) is 60.7 Å². The topological polar surface area (TPSA) is 113 Å². The Morgan fingerprint density at radius 2 is 1.17 bits per heavy atom. The molecule has 1 heterocycles. The molecule has 1 aromatic heterocycles. The lowest BCUT2D eigenvalue weighted by atomic mass is 10.1. The van der Waals surface area contributed by atoms with Gasteiger partial charge in [-0.2, -0.15) is 0 Å². The number of nitro groups is 1. The van der Waals surface area contributed by atoms with Gasteiger partial charge in [-0.15, -0.1) is 0 Å². The minimum absolute atomic E-state index is 0.0268. The first-order chi connectivity index (χ1) is 30.6. The summed E-state index contributed by atoms with van der Waals surface area (Å²) in [6, 6.07) is 47.4. The molecule has 64 heavy (non-hydrogen) atoms. The molecule has 5 aromatic carbocycles. The molecule has 6 aromatic rings. The molecule has 13 heteroatoms. The Morgan fingerprint density at radius 1 is 0.703 bits per heavy atom. The largest absolute Gasteiger partial charge is 0.497 e. The molecule has 334 valence electrons. The molecule has 6 rings (SSSR count). The fraction of sp³-hybridized carbons (Fsp3) is 0.294. The van der Waals surface area contributed by atoms with Gasteiger partial charge >= 0.3 is 0 Å². The first-order valence-electron chi connectivity index (χ1n) is 21.4. The summed E-state index contributed by atoms with van der Waals surface area (Å²) in [4.78, 5) is 32.7. The summed E-state index contributed by atoms with van der Waals surface area (Å²) in [5, 5.41) is 15.7. The van der Waals surface area contributed by atoms with Crippen molar-refractivity contribution < 1.29 is 28.0 Å². The van der Waals surface area contributed by atoms with Gasteiger partial charge in [0.1, 0.15) is 22.8 Å². The van der Waals surface area contributed by atoms with Crippen molar-refractivity contribution in [3.8, 4) is 11.5 Å². The van der Waals surface area contributed by atoms with Crippen LogP contribution >= 0.6 is 11.6 Å². The number of methoxy groups -OCH3 is 2. The SMILES string of the molecule is COc1ccc(CN(C(=O)c2cc([N+](=O)[O-])cnc2Cl)[C@@H](CCO[Si](c2ccccc2)(c2ccccc2)C(C)(C)C)CO[Si](c2ccccc2)(c2ccccc2)C(C)(C)C)c(OC)c1. The van der Waals surface area contributed by atoms with E-state index in [9.17, 15) is 10.1 Å². The van der Waals surface area contributed by atoms with E-state index in [1.165, 1.54) is 6.07 Å². The monoisotopic (exact) mass is 915 g/mol. The van der Waals surface area contributed by atoms with Crippen LogP contribution in [0.15, 0.2) is 152 Å². The van der Waals surface area contributed by atoms with Gasteiger partial charge in [-0.1, -0.05) is 174 Å². The predicted molar refractivity (Wildman–Crippen MR) is 261 cm³/mol. The van der Waals surface area contributed by atoms with Crippen LogP contribution in [0.25, 0.3) is 0 Å². The molecule has 0 radical (unpaired) electrons. The van der Waals surface area contributed by atoms with Crippen molar-refractivity contribution >= 4 is 60.6 Å². The number of rotatable bonds is 18. The van der Waals surface area contributed by atoms with Gasteiger partial charge in [0.25, 0.3) is 28.2 Å². The van der Waals surface area contributed by atoms with Gasteiger partial charge in [-0.05, 0) is 49.4 Å². The van der Waals surface area contributed by atoms with E-state index >= 15 is 4.79 Å². The van der Waals surface area contributed by atoms with E-state index in [-0.39, 0.29) is 46.2 Å². The van der Waals surface area contributed by atoms with Crippen LogP contribution in [0.1, 0.15) is 63.9 Å². The number of hydrogen-bond acceptors (Lipinski definition) is 8. The van der Waals surface area contributed by atoms with E-state index in [2.05, 4.69) is 119 Å². The van der Waals surface area contributed by atoms with Crippen LogP contribution in [0.4, 0.5) is 5.69 Å². The summed E-state index contributed by atoms with van der Waals surface area (Å²) in [5.41, 5.74) is 0.214. The molecule has 0 aliphatic carbocycles. The first kappa shape index (κ1) is 47.8. The number of amides is 1. The molecule has 0 unspecified atom stereocenters. The Bertz CT molecular complexity index is 2410. The molecular weight excluding hydrogens is 858 g/mol. The third-order valence-corrected chi connectivity index (χ3v) is 22.2. The molecule has 0 spiro atoms. The van der Waals surface area contributed by atoms with Gasteiger partial charge < -0.3 is 23.2 Å². The predicted octanol–water partition coefficient (Wildman–Crippen LogP) is 9.21. The molecular formula is C51H58ClN3O7Si2. The van der Waals surface area contributed by atoms with Crippen molar-refractivity contribution in [1.29, 1.82) is 0 Å². The molecule has 0 saturated heterocycles. The minimum Gasteiger partial charge on any atom is -0.497 e. The van der Waals surface area contributed by atoms with Crippen molar-refractivity contribution in [3.63, 3.8) is 0 Å². The van der Waals surface area contributed by atoms with Gasteiger partial charge in [0.15, 0.2) is 0 Å². The number of aromatic nitrogens is 1. The Morgan fingerprint density at radius 3 is 1.59 bits per heavy atom. The van der Waals surface area contributed by atoms with Gasteiger partial charge in [-0.25, -0.2) is 4.98 Å². The number of carbonyl (C=O) groups is 1. The van der Waals surface area contributed by atoms with Crippen molar-refractivity contribution in [2.45, 2.75) is 70.6 Å². The smallest absolute Gasteiger partial charge is 0.288 e. The Labute approximate surface area is 384 Å². The summed E-state index contributed by atoms with van der Waals surface area (Å²) in [7, 11) is -3.08. The summed E-state index contributed by atoms with van der Waals surface area (Å²) >= 11 is 6.70. The first-order valence-corrected chi connectivity index (χ1v) is 25.6. The van der Waals surface area contributed by atoms with E-state index in [0.717, 1.165) is 26.9 Å². The third kappa shape index (κ3) is 10.0. The normalized spacial score (nSPS) is 12.6. The van der Waals surface area contributed by atoms with E-state index < -0.39 is 33.5 Å². The zero-order chi connectivity index (χ0) is 46.1. The molecule has 1 amide bonds. The van der Waals surface area contributed by atoms with E-state index in [0.29, 0.717) is 23.5 Å². The maximum absolute atomic E-state index is 15.4. The molecule has 1 atom stereocenters. The Balaban J connectivity index is 1.55. The van der Waals surface area contributed by atoms with Crippen molar-refractivity contribution in [3.05, 3.63) is 178 Å². The molecule has 0 aliphatic heterocycles. The second-order valence-electron chi connectivity index (χ2n) is 17.8. The van der Waals surface area contributed by atoms with Crippen LogP contribution in [0.3, 0.4) is 0 Å². The van der Waals surface area contributed by atoms with Crippen LogP contribution in [0, 0.1) is 10.1 Å². The van der Waals surface area contributed by atoms with Crippen molar-refractivity contribution in [2.75, 3.05) is 27.4 Å². The summed E-state index contributed by atoms with van der Waals surface area (Å²) < 4.78 is 26.5. The highest BCUT2D eigenvalue weighted by molar-refractivity contribution is 7.00. The summed E-state index contributed by atoms with van der Waals surface area (Å²) in [6.07, 6.45) is 1.38. The number of ether oxygens (including phenoxy) is 2. The maximum Gasteiger partial charge on any atom is 0.288 e. The highest BCUT2D eigenvalue weighted by Gasteiger charge is 2.52. The number of benzene rings is 5.